The lowest BCUT2D eigenvalue weighted by atomic mass is 10.1. The minimum Gasteiger partial charge on any atom is -0.497 e. The zero-order valence-electron chi connectivity index (χ0n) is 21.6. The van der Waals surface area contributed by atoms with Gasteiger partial charge in [-0.05, 0) is 61.6 Å². The smallest absolute Gasteiger partial charge is 0.244 e. The van der Waals surface area contributed by atoms with Crippen molar-refractivity contribution in [1.29, 1.82) is 0 Å². The third kappa shape index (κ3) is 7.00. The molecule has 0 spiro atoms. The number of aryl methyl sites for hydroxylation is 1. The maximum absolute atomic E-state index is 13.8. The number of ether oxygens (including phenoxy) is 1. The molecule has 3 rings (SSSR count). The van der Waals surface area contributed by atoms with Crippen molar-refractivity contribution in [2.24, 2.45) is 0 Å². The summed E-state index contributed by atoms with van der Waals surface area (Å²) in [4.78, 5) is 28.6. The van der Waals surface area contributed by atoms with Crippen molar-refractivity contribution in [3.63, 3.8) is 0 Å². The Balaban J connectivity index is 1.92. The normalized spacial score (nSPS) is 14.8. The van der Waals surface area contributed by atoms with Crippen molar-refractivity contribution in [2.45, 2.75) is 64.6 Å². The molecule has 196 valence electrons. The summed E-state index contributed by atoms with van der Waals surface area (Å²) in [7, 11) is -2.25. The van der Waals surface area contributed by atoms with Crippen LogP contribution in [0.2, 0.25) is 0 Å². The second kappa shape index (κ2) is 12.3. The van der Waals surface area contributed by atoms with Gasteiger partial charge >= 0.3 is 0 Å². The third-order valence-electron chi connectivity index (χ3n) is 6.73. The number of hydrogen-bond acceptors (Lipinski definition) is 5. The van der Waals surface area contributed by atoms with Gasteiger partial charge in [0, 0.05) is 12.6 Å². The van der Waals surface area contributed by atoms with Crippen molar-refractivity contribution in [2.75, 3.05) is 24.2 Å². The summed E-state index contributed by atoms with van der Waals surface area (Å²) in [6.07, 6.45) is 5.52. The van der Waals surface area contributed by atoms with Crippen LogP contribution in [0.15, 0.2) is 48.5 Å². The maximum Gasteiger partial charge on any atom is 0.244 e. The van der Waals surface area contributed by atoms with Gasteiger partial charge in [-0.2, -0.15) is 0 Å². The number of methoxy groups -OCH3 is 1. The van der Waals surface area contributed by atoms with E-state index in [-0.39, 0.29) is 18.5 Å². The highest BCUT2D eigenvalue weighted by molar-refractivity contribution is 7.92. The fourth-order valence-electron chi connectivity index (χ4n) is 4.62. The van der Waals surface area contributed by atoms with Crippen LogP contribution in [0.5, 0.6) is 5.75 Å². The van der Waals surface area contributed by atoms with E-state index in [4.69, 9.17) is 4.74 Å². The van der Waals surface area contributed by atoms with Gasteiger partial charge in [-0.25, -0.2) is 8.42 Å². The van der Waals surface area contributed by atoms with Crippen LogP contribution in [0, 0.1) is 6.92 Å². The second-order valence-electron chi connectivity index (χ2n) is 9.33. The molecule has 2 amide bonds. The third-order valence-corrected chi connectivity index (χ3v) is 7.87. The first-order valence-corrected chi connectivity index (χ1v) is 14.2. The number of anilines is 1. The van der Waals surface area contributed by atoms with Crippen molar-refractivity contribution >= 4 is 27.5 Å². The predicted molar refractivity (Wildman–Crippen MR) is 141 cm³/mol. The summed E-state index contributed by atoms with van der Waals surface area (Å²) >= 11 is 0. The van der Waals surface area contributed by atoms with Crippen molar-refractivity contribution in [1.82, 2.24) is 10.2 Å². The number of carbonyl (C=O) groups is 2. The molecule has 2 aromatic rings. The minimum atomic E-state index is -3.77. The number of hydrogen-bond donors (Lipinski definition) is 1. The molecule has 0 bridgehead atoms. The highest BCUT2D eigenvalue weighted by Gasteiger charge is 2.33. The Labute approximate surface area is 214 Å². The SMILES string of the molecule is CC[C@@H](C(=O)NC1CCCC1)N(Cc1ccccc1C)C(=O)CN(c1ccc(OC)cc1)S(C)(=O)=O. The first-order valence-electron chi connectivity index (χ1n) is 12.4. The summed E-state index contributed by atoms with van der Waals surface area (Å²) in [5, 5.41) is 3.11. The second-order valence-corrected chi connectivity index (χ2v) is 11.2. The Morgan fingerprint density at radius 1 is 1.08 bits per heavy atom. The number of nitrogens with zero attached hydrogens (tertiary/aromatic N) is 2. The van der Waals surface area contributed by atoms with Crippen molar-refractivity contribution in [3.05, 3.63) is 59.7 Å². The van der Waals surface area contributed by atoms with E-state index in [1.165, 1.54) is 12.0 Å². The van der Waals surface area contributed by atoms with Gasteiger partial charge in [0.2, 0.25) is 21.8 Å². The topological polar surface area (TPSA) is 96.0 Å². The fraction of sp³-hybridized carbons (Fsp3) is 0.481. The maximum atomic E-state index is 13.8. The highest BCUT2D eigenvalue weighted by Crippen LogP contribution is 2.24. The summed E-state index contributed by atoms with van der Waals surface area (Å²) in [5.41, 5.74) is 2.26. The Morgan fingerprint density at radius 3 is 2.28 bits per heavy atom. The molecule has 0 heterocycles. The van der Waals surface area contributed by atoms with Gasteiger partial charge in [0.1, 0.15) is 18.3 Å². The van der Waals surface area contributed by atoms with Crippen LogP contribution in [0.3, 0.4) is 0 Å². The van der Waals surface area contributed by atoms with Crippen LogP contribution < -0.4 is 14.4 Å². The average molecular weight is 516 g/mol. The number of amides is 2. The van der Waals surface area contributed by atoms with Crippen LogP contribution in [0.25, 0.3) is 0 Å². The molecule has 0 aliphatic heterocycles. The Bertz CT molecular complexity index is 1140. The number of carbonyl (C=O) groups excluding carboxylic acids is 2. The zero-order chi connectivity index (χ0) is 26.3. The van der Waals surface area contributed by atoms with E-state index >= 15 is 0 Å². The molecular formula is C27H37N3O5S. The molecule has 0 aromatic heterocycles. The van der Waals surface area contributed by atoms with Gasteiger partial charge in [-0.15, -0.1) is 0 Å². The molecule has 1 aliphatic rings. The Kier molecular flexibility index (Phi) is 9.37. The van der Waals surface area contributed by atoms with Crippen LogP contribution in [-0.2, 0) is 26.2 Å². The molecule has 8 nitrogen and oxygen atoms in total. The van der Waals surface area contributed by atoms with Crippen molar-refractivity contribution in [3.8, 4) is 5.75 Å². The van der Waals surface area contributed by atoms with Crippen LogP contribution >= 0.6 is 0 Å². The molecule has 36 heavy (non-hydrogen) atoms. The molecule has 1 N–H and O–H groups in total. The van der Waals surface area contributed by atoms with E-state index in [0.29, 0.717) is 17.9 Å². The number of nitrogens with one attached hydrogen (secondary N) is 1. The van der Waals surface area contributed by atoms with Gasteiger partial charge in [0.05, 0.1) is 19.1 Å². The Hall–Kier alpha value is -3.07. The minimum absolute atomic E-state index is 0.119. The average Bonchev–Trinajstić information content (AvgIpc) is 3.36. The number of rotatable bonds is 11. The van der Waals surface area contributed by atoms with Gasteiger partial charge in [-0.3, -0.25) is 13.9 Å². The molecule has 2 aromatic carbocycles. The zero-order valence-corrected chi connectivity index (χ0v) is 22.4. The first-order chi connectivity index (χ1) is 17.1. The summed E-state index contributed by atoms with van der Waals surface area (Å²) in [5.74, 6) is -0.0519. The standard InChI is InChI=1S/C27H37N3O5S/c1-5-25(27(32)28-22-12-8-9-13-22)29(18-21-11-7-6-10-20(21)2)26(31)19-30(36(4,33)34)23-14-16-24(35-3)17-15-23/h6-7,10-11,14-17,22,25H,5,8-9,12-13,18-19H2,1-4H3,(H,28,32)/t25-/m0/s1. The van der Waals surface area contributed by atoms with E-state index in [1.807, 2.05) is 38.1 Å². The lowest BCUT2D eigenvalue weighted by molar-refractivity contribution is -0.140. The molecule has 1 atom stereocenters. The van der Waals surface area contributed by atoms with E-state index in [0.717, 1.165) is 47.4 Å². The van der Waals surface area contributed by atoms with Crippen LogP contribution in [0.1, 0.15) is 50.2 Å². The summed E-state index contributed by atoms with van der Waals surface area (Å²) in [6.45, 7) is 3.62. The first kappa shape index (κ1) is 27.5. The van der Waals surface area contributed by atoms with E-state index in [1.54, 1.807) is 24.3 Å². The van der Waals surface area contributed by atoms with Gasteiger partial charge in [0.15, 0.2) is 0 Å². The lowest BCUT2D eigenvalue weighted by Crippen LogP contribution is -2.53. The molecule has 1 aliphatic carbocycles. The molecule has 1 fully saturated rings. The van der Waals surface area contributed by atoms with E-state index in [9.17, 15) is 18.0 Å². The largest absolute Gasteiger partial charge is 0.497 e. The molecular weight excluding hydrogens is 478 g/mol. The molecule has 0 unspecified atom stereocenters. The Morgan fingerprint density at radius 2 is 1.72 bits per heavy atom. The highest BCUT2D eigenvalue weighted by atomic mass is 32.2. The number of sulfonamides is 1. The quantitative estimate of drug-likeness (QED) is 0.493. The van der Waals surface area contributed by atoms with E-state index < -0.39 is 28.5 Å². The van der Waals surface area contributed by atoms with Gasteiger partial charge in [0.25, 0.3) is 0 Å². The van der Waals surface area contributed by atoms with Gasteiger partial charge in [-0.1, -0.05) is 44.0 Å². The van der Waals surface area contributed by atoms with Crippen LogP contribution in [0.4, 0.5) is 5.69 Å². The predicted octanol–water partition coefficient (Wildman–Crippen LogP) is 3.64. The van der Waals surface area contributed by atoms with Gasteiger partial charge < -0.3 is 15.0 Å². The lowest BCUT2D eigenvalue weighted by Gasteiger charge is -2.33. The monoisotopic (exact) mass is 515 g/mol. The molecule has 1 saturated carbocycles. The molecule has 0 radical (unpaired) electrons. The van der Waals surface area contributed by atoms with E-state index in [2.05, 4.69) is 5.32 Å². The summed E-state index contributed by atoms with van der Waals surface area (Å²) in [6, 6.07) is 13.6. The fourth-order valence-corrected chi connectivity index (χ4v) is 5.47. The van der Waals surface area contributed by atoms with Crippen molar-refractivity contribution < 1.29 is 22.7 Å². The van der Waals surface area contributed by atoms with Crippen LogP contribution in [-0.4, -0.2) is 57.1 Å². The number of benzene rings is 2. The summed E-state index contributed by atoms with van der Waals surface area (Å²) < 4.78 is 31.7. The molecule has 0 saturated heterocycles. The molecule has 9 heteroatoms.